The number of halogens is 4. The van der Waals surface area contributed by atoms with Crippen LogP contribution in [0, 0.1) is 0 Å². The zero-order valence-corrected chi connectivity index (χ0v) is 21.7. The van der Waals surface area contributed by atoms with E-state index >= 15 is 0 Å². The number of urea groups is 1. The van der Waals surface area contributed by atoms with Crippen LogP contribution < -0.4 is 26.2 Å². The highest BCUT2D eigenvalue weighted by atomic mass is 35.5. The van der Waals surface area contributed by atoms with Gasteiger partial charge in [0.1, 0.15) is 17.2 Å². The Morgan fingerprint density at radius 1 is 0.875 bits per heavy atom. The molecule has 206 valence electrons. The van der Waals surface area contributed by atoms with Crippen LogP contribution in [0.15, 0.2) is 91.1 Å². The van der Waals surface area contributed by atoms with Gasteiger partial charge in [-0.1, -0.05) is 41.9 Å². The first-order valence-corrected chi connectivity index (χ1v) is 12.3. The predicted octanol–water partition coefficient (Wildman–Crippen LogP) is 7.19. The number of pyridine rings is 1. The highest BCUT2D eigenvalue weighted by Crippen LogP contribution is 2.36. The third kappa shape index (κ3) is 7.71. The number of nitrogens with one attached hydrogen (secondary N) is 4. The minimum Gasteiger partial charge on any atom is -0.457 e. The Kier molecular flexibility index (Phi) is 8.87. The minimum atomic E-state index is -4.65. The first-order valence-electron chi connectivity index (χ1n) is 11.9. The second-order valence-electron chi connectivity index (χ2n) is 8.51. The smallest absolute Gasteiger partial charge is 0.417 e. The molecule has 0 aliphatic carbocycles. The Labute approximate surface area is 232 Å². The lowest BCUT2D eigenvalue weighted by molar-refractivity contribution is -0.137. The van der Waals surface area contributed by atoms with Gasteiger partial charge >= 0.3 is 12.2 Å². The van der Waals surface area contributed by atoms with Crippen molar-refractivity contribution in [3.63, 3.8) is 0 Å². The van der Waals surface area contributed by atoms with Gasteiger partial charge in [-0.3, -0.25) is 15.2 Å². The van der Waals surface area contributed by atoms with Crippen molar-refractivity contribution in [2.75, 3.05) is 10.6 Å². The Hall–Kier alpha value is -4.61. The molecular weight excluding hydrogens is 547 g/mol. The van der Waals surface area contributed by atoms with E-state index in [2.05, 4.69) is 26.5 Å². The van der Waals surface area contributed by atoms with Crippen LogP contribution in [0.1, 0.15) is 34.6 Å². The molecule has 0 aliphatic rings. The number of amides is 3. The number of alkyl halides is 3. The number of benzene rings is 3. The van der Waals surface area contributed by atoms with E-state index in [0.717, 1.165) is 17.7 Å². The molecule has 1 heterocycles. The summed E-state index contributed by atoms with van der Waals surface area (Å²) in [6.07, 6.45) is -3.22. The van der Waals surface area contributed by atoms with Crippen molar-refractivity contribution >= 4 is 34.9 Å². The van der Waals surface area contributed by atoms with E-state index in [9.17, 15) is 22.8 Å². The van der Waals surface area contributed by atoms with Crippen molar-refractivity contribution in [2.45, 2.75) is 19.1 Å². The number of nitrogens with zero attached hydrogens (tertiary/aromatic N) is 1. The standard InChI is InChI=1S/C28H23ClF3N5O3/c1-17(18-5-3-2-4-6-18)36-37-26(38)25-16-22(13-14-33-25)40-21-10-7-19(8-11-21)34-27(39)35-20-9-12-24(29)23(15-20)28(30,31)32/h2-17,36H,1H3,(H,37,38)(H2,34,35,39). The van der Waals surface area contributed by atoms with Gasteiger partial charge in [0.2, 0.25) is 0 Å². The van der Waals surface area contributed by atoms with Crippen LogP contribution in [0.4, 0.5) is 29.3 Å². The molecule has 4 aromatic rings. The number of rotatable bonds is 8. The molecule has 12 heteroatoms. The Bertz CT molecular complexity index is 1490. The van der Waals surface area contributed by atoms with Crippen molar-refractivity contribution in [1.82, 2.24) is 15.8 Å². The van der Waals surface area contributed by atoms with Gasteiger partial charge in [-0.25, -0.2) is 10.2 Å². The van der Waals surface area contributed by atoms with E-state index in [0.29, 0.717) is 17.2 Å². The topological polar surface area (TPSA) is 104 Å². The SMILES string of the molecule is CC(NNC(=O)c1cc(Oc2ccc(NC(=O)Nc3ccc(Cl)c(C(F)(F)F)c3)cc2)ccn1)c1ccccc1. The molecule has 4 rings (SSSR count). The Morgan fingerprint density at radius 2 is 1.55 bits per heavy atom. The molecule has 1 unspecified atom stereocenters. The maximum atomic E-state index is 13.0. The van der Waals surface area contributed by atoms with E-state index in [1.54, 1.807) is 30.3 Å². The van der Waals surface area contributed by atoms with Gasteiger partial charge in [-0.05, 0) is 61.0 Å². The van der Waals surface area contributed by atoms with Crippen LogP contribution in [-0.4, -0.2) is 16.9 Å². The van der Waals surface area contributed by atoms with Gasteiger partial charge in [0.05, 0.1) is 10.6 Å². The fourth-order valence-corrected chi connectivity index (χ4v) is 3.74. The average molecular weight is 570 g/mol. The number of ether oxygens (including phenoxy) is 1. The number of hydrazine groups is 1. The molecule has 0 aliphatic heterocycles. The summed E-state index contributed by atoms with van der Waals surface area (Å²) in [6, 6.07) is 21.1. The third-order valence-electron chi connectivity index (χ3n) is 5.54. The number of hydrogen-bond donors (Lipinski definition) is 4. The number of carbonyl (C=O) groups is 2. The maximum absolute atomic E-state index is 13.0. The van der Waals surface area contributed by atoms with Crippen LogP contribution in [-0.2, 0) is 6.18 Å². The van der Waals surface area contributed by atoms with Gasteiger partial charge in [-0.2, -0.15) is 13.2 Å². The number of carbonyl (C=O) groups excluding carboxylic acids is 2. The summed E-state index contributed by atoms with van der Waals surface area (Å²) in [6.45, 7) is 1.91. The molecule has 0 spiro atoms. The van der Waals surface area contributed by atoms with Crippen molar-refractivity contribution in [2.24, 2.45) is 0 Å². The molecule has 0 fully saturated rings. The second kappa shape index (κ2) is 12.5. The molecule has 0 saturated heterocycles. The molecule has 0 bridgehead atoms. The normalized spacial score (nSPS) is 11.8. The van der Waals surface area contributed by atoms with Gasteiger partial charge in [0.25, 0.3) is 5.91 Å². The van der Waals surface area contributed by atoms with Gasteiger partial charge in [0.15, 0.2) is 0 Å². The molecule has 3 amide bonds. The van der Waals surface area contributed by atoms with E-state index in [1.165, 1.54) is 18.3 Å². The summed E-state index contributed by atoms with van der Waals surface area (Å²) >= 11 is 5.60. The van der Waals surface area contributed by atoms with Crippen molar-refractivity contribution in [3.05, 3.63) is 113 Å². The molecule has 0 saturated carbocycles. The lowest BCUT2D eigenvalue weighted by atomic mass is 10.1. The average Bonchev–Trinajstić information content (AvgIpc) is 2.93. The molecule has 4 N–H and O–H groups in total. The second-order valence-corrected chi connectivity index (χ2v) is 8.91. The largest absolute Gasteiger partial charge is 0.457 e. The van der Waals surface area contributed by atoms with Crippen molar-refractivity contribution in [1.29, 1.82) is 0 Å². The van der Waals surface area contributed by atoms with Crippen molar-refractivity contribution < 1.29 is 27.5 Å². The Balaban J connectivity index is 1.31. The highest BCUT2D eigenvalue weighted by Gasteiger charge is 2.33. The summed E-state index contributed by atoms with van der Waals surface area (Å²) in [5, 5.41) is 4.39. The summed E-state index contributed by atoms with van der Waals surface area (Å²) < 4.78 is 44.9. The molecule has 1 atom stereocenters. The van der Waals surface area contributed by atoms with Crippen LogP contribution in [0.5, 0.6) is 11.5 Å². The molecular formula is C28H23ClF3N5O3. The zero-order chi connectivity index (χ0) is 28.7. The number of hydrogen-bond acceptors (Lipinski definition) is 5. The monoisotopic (exact) mass is 569 g/mol. The maximum Gasteiger partial charge on any atom is 0.417 e. The molecule has 1 aromatic heterocycles. The third-order valence-corrected chi connectivity index (χ3v) is 5.87. The van der Waals surface area contributed by atoms with E-state index < -0.39 is 28.7 Å². The van der Waals surface area contributed by atoms with Crippen LogP contribution >= 0.6 is 11.6 Å². The van der Waals surface area contributed by atoms with E-state index in [4.69, 9.17) is 16.3 Å². The number of aromatic nitrogens is 1. The lowest BCUT2D eigenvalue weighted by Crippen LogP contribution is -2.39. The van der Waals surface area contributed by atoms with Crippen LogP contribution in [0.3, 0.4) is 0 Å². The van der Waals surface area contributed by atoms with Crippen LogP contribution in [0.2, 0.25) is 5.02 Å². The minimum absolute atomic E-state index is 0.0728. The predicted molar refractivity (Wildman–Crippen MR) is 145 cm³/mol. The summed E-state index contributed by atoms with van der Waals surface area (Å²) in [5.74, 6) is 0.326. The molecule has 40 heavy (non-hydrogen) atoms. The Morgan fingerprint density at radius 3 is 2.25 bits per heavy atom. The fourth-order valence-electron chi connectivity index (χ4n) is 3.52. The zero-order valence-electron chi connectivity index (χ0n) is 20.9. The van der Waals surface area contributed by atoms with E-state index in [1.807, 2.05) is 37.3 Å². The first kappa shape index (κ1) is 28.4. The number of anilines is 2. The first-order chi connectivity index (χ1) is 19.1. The summed E-state index contributed by atoms with van der Waals surface area (Å²) in [4.78, 5) is 28.9. The van der Waals surface area contributed by atoms with Crippen molar-refractivity contribution in [3.8, 4) is 11.5 Å². The van der Waals surface area contributed by atoms with Gasteiger partial charge < -0.3 is 15.4 Å². The quantitative estimate of drug-likeness (QED) is 0.168. The molecule has 3 aromatic carbocycles. The van der Waals surface area contributed by atoms with Gasteiger partial charge in [0, 0.05) is 29.7 Å². The van der Waals surface area contributed by atoms with Crippen LogP contribution in [0.25, 0.3) is 0 Å². The molecule has 0 radical (unpaired) electrons. The fraction of sp³-hybridized carbons (Fsp3) is 0.107. The molecule has 8 nitrogen and oxygen atoms in total. The highest BCUT2D eigenvalue weighted by molar-refractivity contribution is 6.31. The summed E-state index contributed by atoms with van der Waals surface area (Å²) in [7, 11) is 0. The lowest BCUT2D eigenvalue weighted by Gasteiger charge is -2.15. The van der Waals surface area contributed by atoms with Gasteiger partial charge in [-0.15, -0.1) is 0 Å². The van der Waals surface area contributed by atoms with E-state index in [-0.39, 0.29) is 17.4 Å². The summed E-state index contributed by atoms with van der Waals surface area (Å²) in [5.41, 5.74) is 5.95.